The van der Waals surface area contributed by atoms with Crippen molar-refractivity contribution in [2.45, 2.75) is 24.1 Å². The first-order valence-electron chi connectivity index (χ1n) is 4.22. The van der Waals surface area contributed by atoms with Crippen LogP contribution in [0.25, 0.3) is 0 Å². The predicted octanol–water partition coefficient (Wildman–Crippen LogP) is 2.33. The van der Waals surface area contributed by atoms with Gasteiger partial charge in [-0.25, -0.2) is 9.97 Å². The maximum absolute atomic E-state index is 5.63. The first kappa shape index (κ1) is 11.0. The van der Waals surface area contributed by atoms with Crippen molar-refractivity contribution in [2.75, 3.05) is 5.38 Å². The zero-order valence-electron chi connectivity index (χ0n) is 7.83. The summed E-state index contributed by atoms with van der Waals surface area (Å²) in [6.45, 7) is 4.64. The lowest BCUT2D eigenvalue weighted by Crippen LogP contribution is -2.04. The van der Waals surface area contributed by atoms with Crippen molar-refractivity contribution in [2.24, 2.45) is 0 Å². The lowest BCUT2D eigenvalue weighted by atomic mass is 10.4. The number of hydrogen-bond acceptors (Lipinski definition) is 3. The molecule has 0 aromatic carbocycles. The van der Waals surface area contributed by atoms with E-state index >= 15 is 0 Å². The van der Waals surface area contributed by atoms with Crippen LogP contribution >= 0.6 is 23.4 Å². The molecule has 0 N–H and O–H groups in total. The van der Waals surface area contributed by atoms with Crippen molar-refractivity contribution < 1.29 is 0 Å². The smallest absolute Gasteiger partial charge is 0.187 e. The highest BCUT2D eigenvalue weighted by Gasteiger charge is 2.00. The van der Waals surface area contributed by atoms with Crippen molar-refractivity contribution >= 4 is 32.2 Å². The molecule has 0 unspecified atom stereocenters. The minimum absolute atomic E-state index is 0.490. The van der Waals surface area contributed by atoms with E-state index in [1.807, 2.05) is 0 Å². The Morgan fingerprint density at radius 2 is 2.00 bits per heavy atom. The normalized spacial score (nSPS) is 10.8. The molecule has 0 aliphatic carbocycles. The van der Waals surface area contributed by atoms with E-state index in [2.05, 4.69) is 23.1 Å². The van der Waals surface area contributed by atoms with Crippen LogP contribution in [0.15, 0.2) is 17.6 Å². The summed E-state index contributed by atoms with van der Waals surface area (Å²) < 4.78 is 0. The van der Waals surface area contributed by atoms with Gasteiger partial charge in [0.15, 0.2) is 5.16 Å². The van der Waals surface area contributed by atoms with Gasteiger partial charge >= 0.3 is 0 Å². The molecular formula is C8H13ClN2SSi. The number of aromatic nitrogens is 2. The summed E-state index contributed by atoms with van der Waals surface area (Å²) in [4.78, 5) is 8.42. The van der Waals surface area contributed by atoms with Crippen molar-refractivity contribution in [3.8, 4) is 0 Å². The third kappa shape index (κ3) is 4.11. The quantitative estimate of drug-likeness (QED) is 0.345. The lowest BCUT2D eigenvalue weighted by Gasteiger charge is -2.01. The molecule has 0 spiro atoms. The minimum atomic E-state index is -0.503. The Bertz CT molecular complexity index is 253. The highest BCUT2D eigenvalue weighted by molar-refractivity contribution is 8.00. The van der Waals surface area contributed by atoms with Gasteiger partial charge in [-0.15, -0.1) is 11.6 Å². The molecule has 0 bridgehead atoms. The number of halogens is 1. The molecule has 1 aromatic heterocycles. The summed E-state index contributed by atoms with van der Waals surface area (Å²) in [6.07, 6.45) is 3.59. The van der Waals surface area contributed by atoms with E-state index in [0.29, 0.717) is 5.88 Å². The van der Waals surface area contributed by atoms with Crippen molar-refractivity contribution in [1.29, 1.82) is 0 Å². The molecule has 0 amide bonds. The molecule has 0 saturated heterocycles. The Balaban J connectivity index is 2.49. The van der Waals surface area contributed by atoms with Crippen LogP contribution in [0.4, 0.5) is 0 Å². The maximum atomic E-state index is 5.63. The van der Waals surface area contributed by atoms with E-state index in [1.54, 1.807) is 24.2 Å². The lowest BCUT2D eigenvalue weighted by molar-refractivity contribution is 0.948. The zero-order chi connectivity index (χ0) is 9.68. The second-order valence-corrected chi connectivity index (χ2v) is 8.25. The molecule has 1 aromatic rings. The first-order chi connectivity index (χ1) is 6.22. The van der Waals surface area contributed by atoms with Gasteiger partial charge in [-0.2, -0.15) is 0 Å². The van der Waals surface area contributed by atoms with Crippen molar-refractivity contribution in [3.63, 3.8) is 0 Å². The van der Waals surface area contributed by atoms with Gasteiger partial charge in [0.25, 0.3) is 0 Å². The molecule has 0 radical (unpaired) electrons. The molecule has 0 atom stereocenters. The Hall–Kier alpha value is -0.0631. The first-order valence-corrected chi connectivity index (χ1v) is 8.86. The molecule has 2 nitrogen and oxygen atoms in total. The fraction of sp³-hybridized carbons (Fsp3) is 0.500. The van der Waals surface area contributed by atoms with Crippen LogP contribution < -0.4 is 0 Å². The van der Waals surface area contributed by atoms with Gasteiger partial charge in [0.2, 0.25) is 0 Å². The Labute approximate surface area is 89.7 Å². The van der Waals surface area contributed by atoms with Crippen molar-refractivity contribution in [1.82, 2.24) is 9.97 Å². The van der Waals surface area contributed by atoms with Gasteiger partial charge < -0.3 is 0 Å². The predicted molar refractivity (Wildman–Crippen MR) is 61.2 cm³/mol. The fourth-order valence-corrected chi connectivity index (χ4v) is 3.05. The second-order valence-electron chi connectivity index (χ2n) is 3.21. The Kier molecular flexibility index (Phi) is 4.76. The number of rotatable bonds is 4. The van der Waals surface area contributed by atoms with Gasteiger partial charge in [0.1, 0.15) is 0 Å². The number of hydrogen-bond donors (Lipinski definition) is 0. The molecule has 0 fully saturated rings. The second kappa shape index (κ2) is 5.62. The highest BCUT2D eigenvalue weighted by Crippen LogP contribution is 2.13. The van der Waals surface area contributed by atoms with Gasteiger partial charge in [-0.3, -0.25) is 0 Å². The monoisotopic (exact) mass is 232 g/mol. The molecular weight excluding hydrogens is 220 g/mol. The number of thioether (sulfide) groups is 1. The van der Waals surface area contributed by atoms with E-state index in [0.717, 1.165) is 10.7 Å². The third-order valence-corrected chi connectivity index (χ3v) is 5.49. The summed E-state index contributed by atoms with van der Waals surface area (Å²) in [5.74, 6) is 0.490. The van der Waals surface area contributed by atoms with Crippen LogP contribution in [0.1, 0.15) is 5.56 Å². The SMILES string of the molecule is C[SiH](C)CSc1ncc(CCl)cn1. The summed E-state index contributed by atoms with van der Waals surface area (Å²) in [5, 5.41) is 2.07. The third-order valence-electron chi connectivity index (χ3n) is 1.38. The number of nitrogens with zero attached hydrogens (tertiary/aromatic N) is 2. The van der Waals surface area contributed by atoms with Crippen LogP contribution in [-0.2, 0) is 5.88 Å². The molecule has 0 aliphatic rings. The topological polar surface area (TPSA) is 25.8 Å². The van der Waals surface area contributed by atoms with Crippen LogP contribution in [-0.4, -0.2) is 24.1 Å². The molecule has 0 saturated carbocycles. The standard InChI is InChI=1S/C8H13ClN2SSi/c1-13(2)6-12-8-10-4-7(3-9)5-11-8/h4-5,13H,3,6H2,1-2H3. The van der Waals surface area contributed by atoms with E-state index in [4.69, 9.17) is 11.6 Å². The zero-order valence-corrected chi connectivity index (χ0v) is 10.6. The largest absolute Gasteiger partial charge is 0.231 e. The van der Waals surface area contributed by atoms with Gasteiger partial charge in [-0.05, 0) is 5.38 Å². The van der Waals surface area contributed by atoms with E-state index in [-0.39, 0.29) is 0 Å². The van der Waals surface area contributed by atoms with Crippen LogP contribution in [0.5, 0.6) is 0 Å². The van der Waals surface area contributed by atoms with Crippen molar-refractivity contribution in [3.05, 3.63) is 18.0 Å². The molecule has 13 heavy (non-hydrogen) atoms. The number of alkyl halides is 1. The van der Waals surface area contributed by atoms with Gasteiger partial charge in [0, 0.05) is 26.8 Å². The van der Waals surface area contributed by atoms with Crippen LogP contribution in [0.2, 0.25) is 13.1 Å². The van der Waals surface area contributed by atoms with E-state index < -0.39 is 8.80 Å². The van der Waals surface area contributed by atoms with Crippen LogP contribution in [0, 0.1) is 0 Å². The Morgan fingerprint density at radius 3 is 2.46 bits per heavy atom. The minimum Gasteiger partial charge on any atom is -0.231 e. The fourth-order valence-electron chi connectivity index (χ4n) is 0.728. The average molecular weight is 233 g/mol. The van der Waals surface area contributed by atoms with Gasteiger partial charge in [-0.1, -0.05) is 24.9 Å². The molecule has 1 heterocycles. The summed E-state index contributed by atoms with van der Waals surface area (Å²) in [5.41, 5.74) is 0.979. The maximum Gasteiger partial charge on any atom is 0.187 e. The van der Waals surface area contributed by atoms with Crippen LogP contribution in [0.3, 0.4) is 0 Å². The van der Waals surface area contributed by atoms with E-state index in [1.165, 1.54) is 5.38 Å². The average Bonchev–Trinajstić information content (AvgIpc) is 2.15. The molecule has 0 aliphatic heterocycles. The van der Waals surface area contributed by atoms with E-state index in [9.17, 15) is 0 Å². The summed E-state index contributed by atoms with van der Waals surface area (Å²) >= 11 is 7.37. The summed E-state index contributed by atoms with van der Waals surface area (Å²) in [6, 6.07) is 0. The molecule has 1 rings (SSSR count). The molecule has 5 heteroatoms. The Morgan fingerprint density at radius 1 is 1.38 bits per heavy atom. The molecule has 72 valence electrons. The summed E-state index contributed by atoms with van der Waals surface area (Å²) in [7, 11) is -0.503. The highest BCUT2D eigenvalue weighted by atomic mass is 35.5. The van der Waals surface area contributed by atoms with Gasteiger partial charge in [0.05, 0.1) is 5.88 Å².